The van der Waals surface area contributed by atoms with Crippen LogP contribution in [0.1, 0.15) is 11.1 Å². The highest BCUT2D eigenvalue weighted by molar-refractivity contribution is 9.10. The third kappa shape index (κ3) is 2.71. The quantitative estimate of drug-likeness (QED) is 0.924. The van der Waals surface area contributed by atoms with E-state index in [0.717, 1.165) is 10.0 Å². The molecule has 2 nitrogen and oxygen atoms in total. The molecule has 2 aromatic rings. The first-order valence-corrected chi connectivity index (χ1v) is 6.32. The monoisotopic (exact) mass is 309 g/mol. The summed E-state index contributed by atoms with van der Waals surface area (Å²) in [4.78, 5) is 0. The molecule has 0 heterocycles. The van der Waals surface area contributed by atoms with E-state index in [0.29, 0.717) is 23.6 Å². The van der Waals surface area contributed by atoms with E-state index in [4.69, 9.17) is 10.5 Å². The molecule has 0 aliphatic carbocycles. The minimum Gasteiger partial charge on any atom is -0.457 e. The van der Waals surface area contributed by atoms with Gasteiger partial charge in [-0.15, -0.1) is 0 Å². The summed E-state index contributed by atoms with van der Waals surface area (Å²) < 4.78 is 20.0. The van der Waals surface area contributed by atoms with Crippen molar-refractivity contribution in [1.29, 1.82) is 0 Å². The molecule has 0 fully saturated rings. The van der Waals surface area contributed by atoms with Crippen molar-refractivity contribution in [2.45, 2.75) is 13.5 Å². The van der Waals surface area contributed by atoms with Gasteiger partial charge in [-0.05, 0) is 30.7 Å². The van der Waals surface area contributed by atoms with Gasteiger partial charge in [0.2, 0.25) is 0 Å². The standard InChI is InChI=1S/C14H13BrFNO/c1-9-5-6-10(7-13(9)16)18-14-4-2-3-12(15)11(14)8-17/h2-7H,8,17H2,1H3. The van der Waals surface area contributed by atoms with Crippen LogP contribution in [0.5, 0.6) is 11.5 Å². The van der Waals surface area contributed by atoms with Crippen LogP contribution >= 0.6 is 15.9 Å². The number of aryl methyl sites for hydroxylation is 1. The smallest absolute Gasteiger partial charge is 0.133 e. The third-order valence-corrected chi connectivity index (χ3v) is 3.39. The molecular weight excluding hydrogens is 297 g/mol. The highest BCUT2D eigenvalue weighted by atomic mass is 79.9. The first kappa shape index (κ1) is 13.1. The summed E-state index contributed by atoms with van der Waals surface area (Å²) in [7, 11) is 0. The van der Waals surface area contributed by atoms with Gasteiger partial charge >= 0.3 is 0 Å². The zero-order valence-electron chi connectivity index (χ0n) is 9.91. The summed E-state index contributed by atoms with van der Waals surface area (Å²) in [6, 6.07) is 10.3. The molecule has 4 heteroatoms. The molecule has 0 unspecified atom stereocenters. The Bertz CT molecular complexity index is 572. The van der Waals surface area contributed by atoms with E-state index < -0.39 is 0 Å². The Morgan fingerprint density at radius 3 is 2.72 bits per heavy atom. The van der Waals surface area contributed by atoms with Crippen molar-refractivity contribution < 1.29 is 9.13 Å². The second-order valence-corrected chi connectivity index (χ2v) is 4.79. The summed E-state index contributed by atoms with van der Waals surface area (Å²) in [6.07, 6.45) is 0. The Morgan fingerprint density at radius 2 is 2.06 bits per heavy atom. The molecule has 0 amide bonds. The predicted octanol–water partition coefficient (Wildman–Crippen LogP) is 4.15. The van der Waals surface area contributed by atoms with Gasteiger partial charge in [0.05, 0.1) is 0 Å². The average molecular weight is 310 g/mol. The van der Waals surface area contributed by atoms with Gasteiger partial charge in [0.15, 0.2) is 0 Å². The van der Waals surface area contributed by atoms with E-state index in [-0.39, 0.29) is 5.82 Å². The molecule has 0 saturated heterocycles. The van der Waals surface area contributed by atoms with Crippen molar-refractivity contribution in [3.63, 3.8) is 0 Å². The van der Waals surface area contributed by atoms with E-state index in [1.54, 1.807) is 19.1 Å². The van der Waals surface area contributed by atoms with Gasteiger partial charge < -0.3 is 10.5 Å². The van der Waals surface area contributed by atoms with Crippen molar-refractivity contribution in [1.82, 2.24) is 0 Å². The van der Waals surface area contributed by atoms with Crippen LogP contribution in [-0.2, 0) is 6.54 Å². The zero-order valence-corrected chi connectivity index (χ0v) is 11.5. The lowest BCUT2D eigenvalue weighted by Gasteiger charge is -2.11. The minimum atomic E-state index is -0.281. The van der Waals surface area contributed by atoms with Crippen LogP contribution < -0.4 is 10.5 Å². The number of hydrogen-bond acceptors (Lipinski definition) is 2. The van der Waals surface area contributed by atoms with Crippen LogP contribution in [0, 0.1) is 12.7 Å². The fourth-order valence-electron chi connectivity index (χ4n) is 1.60. The molecule has 2 N–H and O–H groups in total. The molecule has 0 saturated carbocycles. The lowest BCUT2D eigenvalue weighted by Crippen LogP contribution is -2.00. The largest absolute Gasteiger partial charge is 0.457 e. The Balaban J connectivity index is 2.34. The van der Waals surface area contributed by atoms with Crippen molar-refractivity contribution in [2.24, 2.45) is 5.73 Å². The summed E-state index contributed by atoms with van der Waals surface area (Å²) in [5.74, 6) is 0.817. The molecule has 2 aromatic carbocycles. The van der Waals surface area contributed by atoms with Gasteiger partial charge in [-0.1, -0.05) is 28.1 Å². The maximum Gasteiger partial charge on any atom is 0.133 e. The first-order valence-electron chi connectivity index (χ1n) is 5.53. The van der Waals surface area contributed by atoms with E-state index in [1.165, 1.54) is 6.07 Å². The second kappa shape index (κ2) is 5.50. The topological polar surface area (TPSA) is 35.2 Å². The lowest BCUT2D eigenvalue weighted by molar-refractivity contribution is 0.469. The second-order valence-electron chi connectivity index (χ2n) is 3.93. The number of benzene rings is 2. The number of nitrogens with two attached hydrogens (primary N) is 1. The van der Waals surface area contributed by atoms with Crippen molar-refractivity contribution in [2.75, 3.05) is 0 Å². The molecule has 0 aliphatic heterocycles. The van der Waals surface area contributed by atoms with E-state index in [1.807, 2.05) is 18.2 Å². The summed E-state index contributed by atoms with van der Waals surface area (Å²) in [6.45, 7) is 2.06. The van der Waals surface area contributed by atoms with E-state index in [9.17, 15) is 4.39 Å². The van der Waals surface area contributed by atoms with Crippen LogP contribution in [0.15, 0.2) is 40.9 Å². The van der Waals surface area contributed by atoms with Crippen molar-refractivity contribution in [3.05, 3.63) is 57.8 Å². The van der Waals surface area contributed by atoms with Gasteiger partial charge in [-0.2, -0.15) is 0 Å². The predicted molar refractivity (Wildman–Crippen MR) is 73.2 cm³/mol. The molecule has 0 aliphatic rings. The number of ether oxygens (including phenoxy) is 1. The average Bonchev–Trinajstić information content (AvgIpc) is 2.34. The van der Waals surface area contributed by atoms with Gasteiger partial charge in [0, 0.05) is 22.6 Å². The maximum atomic E-state index is 13.4. The molecule has 94 valence electrons. The van der Waals surface area contributed by atoms with Crippen LogP contribution in [0.2, 0.25) is 0 Å². The van der Waals surface area contributed by atoms with Crippen molar-refractivity contribution in [3.8, 4) is 11.5 Å². The minimum absolute atomic E-state index is 0.281. The molecule has 0 radical (unpaired) electrons. The SMILES string of the molecule is Cc1ccc(Oc2cccc(Br)c2CN)cc1F. The highest BCUT2D eigenvalue weighted by Crippen LogP contribution is 2.30. The number of hydrogen-bond donors (Lipinski definition) is 1. The number of halogens is 2. The Kier molecular flexibility index (Phi) is 3.99. The van der Waals surface area contributed by atoms with Gasteiger partial charge in [-0.25, -0.2) is 4.39 Å². The summed E-state index contributed by atoms with van der Waals surface area (Å²) in [5.41, 5.74) is 7.13. The summed E-state index contributed by atoms with van der Waals surface area (Å²) >= 11 is 3.41. The van der Waals surface area contributed by atoms with Crippen LogP contribution in [0.25, 0.3) is 0 Å². The van der Waals surface area contributed by atoms with Gasteiger partial charge in [0.1, 0.15) is 17.3 Å². The van der Waals surface area contributed by atoms with Gasteiger partial charge in [-0.3, -0.25) is 0 Å². The van der Waals surface area contributed by atoms with E-state index >= 15 is 0 Å². The van der Waals surface area contributed by atoms with Gasteiger partial charge in [0.25, 0.3) is 0 Å². The fourth-order valence-corrected chi connectivity index (χ4v) is 2.11. The molecule has 0 spiro atoms. The zero-order chi connectivity index (χ0) is 13.1. The van der Waals surface area contributed by atoms with Crippen LogP contribution in [0.3, 0.4) is 0 Å². The molecule has 0 aromatic heterocycles. The maximum absolute atomic E-state index is 13.4. The number of rotatable bonds is 3. The Labute approximate surface area is 114 Å². The molecule has 18 heavy (non-hydrogen) atoms. The molecule has 2 rings (SSSR count). The van der Waals surface area contributed by atoms with E-state index in [2.05, 4.69) is 15.9 Å². The Morgan fingerprint density at radius 1 is 1.28 bits per heavy atom. The van der Waals surface area contributed by atoms with Crippen LogP contribution in [0.4, 0.5) is 4.39 Å². The Hall–Kier alpha value is -1.39. The first-order chi connectivity index (χ1) is 8.61. The molecule has 0 bridgehead atoms. The third-order valence-electron chi connectivity index (χ3n) is 2.65. The normalized spacial score (nSPS) is 10.4. The molecule has 0 atom stereocenters. The highest BCUT2D eigenvalue weighted by Gasteiger charge is 2.08. The van der Waals surface area contributed by atoms with Crippen LogP contribution in [-0.4, -0.2) is 0 Å². The summed E-state index contributed by atoms with van der Waals surface area (Å²) in [5, 5.41) is 0. The van der Waals surface area contributed by atoms with Crippen molar-refractivity contribution >= 4 is 15.9 Å². The molecular formula is C14H13BrFNO. The lowest BCUT2D eigenvalue weighted by atomic mass is 10.2. The fraction of sp³-hybridized carbons (Fsp3) is 0.143.